The van der Waals surface area contributed by atoms with Crippen molar-refractivity contribution in [3.05, 3.63) is 0 Å². The summed E-state index contributed by atoms with van der Waals surface area (Å²) in [7, 11) is -2.15. The average Bonchev–Trinajstić information content (AvgIpc) is 1.95. The zero-order chi connectivity index (χ0) is 9.61. The summed E-state index contributed by atoms with van der Waals surface area (Å²) >= 11 is 0. The van der Waals surface area contributed by atoms with Gasteiger partial charge in [-0.1, -0.05) is 0 Å². The van der Waals surface area contributed by atoms with Gasteiger partial charge >= 0.3 is 0 Å². The van der Waals surface area contributed by atoms with E-state index in [1.165, 1.54) is 0 Å². The van der Waals surface area contributed by atoms with Crippen LogP contribution < -0.4 is 5.90 Å². The van der Waals surface area contributed by atoms with Crippen molar-refractivity contribution < 1.29 is 17.8 Å². The first kappa shape index (κ1) is 11.8. The highest BCUT2D eigenvalue weighted by Gasteiger charge is 2.06. The number of nitrogens with two attached hydrogens (primary N) is 1. The fourth-order valence-electron chi connectivity index (χ4n) is 0.592. The molecule has 0 aliphatic rings. The summed E-state index contributed by atoms with van der Waals surface area (Å²) in [6.07, 6.45) is 0. The molecule has 12 heavy (non-hydrogen) atoms. The third-order valence-corrected chi connectivity index (χ3v) is 2.02. The van der Waals surface area contributed by atoms with Crippen LogP contribution in [-0.4, -0.2) is 50.4 Å². The van der Waals surface area contributed by atoms with Gasteiger partial charge in [-0.05, 0) is 7.05 Å². The molecule has 0 spiro atoms. The molecule has 0 saturated heterocycles. The molecule has 0 fully saturated rings. The topological polar surface area (TPSA) is 92.9 Å². The van der Waals surface area contributed by atoms with Crippen molar-refractivity contribution in [2.45, 2.75) is 0 Å². The molecule has 0 saturated carbocycles. The highest BCUT2D eigenvalue weighted by atomic mass is 32.2. The highest BCUT2D eigenvalue weighted by molar-refractivity contribution is 7.85. The first-order valence-corrected chi connectivity index (χ1v) is 5.02. The molecule has 0 unspecified atom stereocenters. The van der Waals surface area contributed by atoms with Crippen molar-refractivity contribution >= 4 is 10.1 Å². The van der Waals surface area contributed by atoms with E-state index in [2.05, 4.69) is 4.84 Å². The Morgan fingerprint density at radius 3 is 2.50 bits per heavy atom. The van der Waals surface area contributed by atoms with Crippen LogP contribution in [-0.2, 0) is 15.0 Å². The largest absolute Gasteiger partial charge is 0.303 e. The normalized spacial score (nSPS) is 12.3. The van der Waals surface area contributed by atoms with Gasteiger partial charge in [-0.25, -0.2) is 5.90 Å². The van der Waals surface area contributed by atoms with Crippen LogP contribution >= 0.6 is 0 Å². The van der Waals surface area contributed by atoms with E-state index in [-0.39, 0.29) is 12.3 Å². The van der Waals surface area contributed by atoms with Crippen LogP contribution in [0, 0.1) is 0 Å². The fourth-order valence-corrected chi connectivity index (χ4v) is 1.13. The van der Waals surface area contributed by atoms with Crippen molar-refractivity contribution in [1.82, 2.24) is 4.90 Å². The molecule has 0 aromatic carbocycles. The summed E-state index contributed by atoms with van der Waals surface area (Å²) in [6.45, 7) is 1.14. The van der Waals surface area contributed by atoms with E-state index in [1.807, 2.05) is 0 Å². The van der Waals surface area contributed by atoms with Gasteiger partial charge < -0.3 is 9.74 Å². The second kappa shape index (κ2) is 5.44. The van der Waals surface area contributed by atoms with Gasteiger partial charge in [0, 0.05) is 13.1 Å². The average molecular weight is 198 g/mol. The van der Waals surface area contributed by atoms with Crippen molar-refractivity contribution in [1.29, 1.82) is 0 Å². The molecule has 0 heterocycles. The van der Waals surface area contributed by atoms with Crippen LogP contribution in [0.1, 0.15) is 0 Å². The molecule has 74 valence electrons. The fraction of sp³-hybridized carbons (Fsp3) is 1.00. The Morgan fingerprint density at radius 2 is 2.08 bits per heavy atom. The molecular formula is C5H14N2O4S. The maximum atomic E-state index is 10.3. The Bertz CT molecular complexity index is 203. The number of hydrogen-bond acceptors (Lipinski definition) is 5. The summed E-state index contributed by atoms with van der Waals surface area (Å²) in [5.74, 6) is 4.49. The molecule has 0 aromatic rings. The van der Waals surface area contributed by atoms with Crippen LogP contribution in [0.4, 0.5) is 0 Å². The number of nitrogens with zero attached hydrogens (tertiary/aromatic N) is 1. The van der Waals surface area contributed by atoms with E-state index in [1.54, 1.807) is 11.9 Å². The second-order valence-electron chi connectivity index (χ2n) is 2.46. The second-order valence-corrected chi connectivity index (χ2v) is 4.03. The maximum Gasteiger partial charge on any atom is 0.266 e. The molecular weight excluding hydrogens is 184 g/mol. The van der Waals surface area contributed by atoms with Gasteiger partial charge in [0.25, 0.3) is 10.1 Å². The van der Waals surface area contributed by atoms with E-state index < -0.39 is 10.1 Å². The quantitative estimate of drug-likeness (QED) is 0.407. The standard InChI is InChI=1S/C5H14N2O4S/c1-7(2-4-11-6)3-5-12(8,9)10/h2-6H2,1H3,(H,8,9,10). The molecule has 0 bridgehead atoms. The Balaban J connectivity index is 3.51. The summed E-state index contributed by atoms with van der Waals surface area (Å²) in [4.78, 5) is 5.99. The van der Waals surface area contributed by atoms with Gasteiger partial charge in [-0.2, -0.15) is 8.42 Å². The van der Waals surface area contributed by atoms with Gasteiger partial charge in [0.2, 0.25) is 0 Å². The van der Waals surface area contributed by atoms with Crippen LogP contribution in [0.25, 0.3) is 0 Å². The van der Waals surface area contributed by atoms with Crippen LogP contribution in [0.5, 0.6) is 0 Å². The molecule has 0 aliphatic heterocycles. The van der Waals surface area contributed by atoms with Gasteiger partial charge in [0.1, 0.15) is 0 Å². The molecule has 6 nitrogen and oxygen atoms in total. The minimum atomic E-state index is -3.86. The van der Waals surface area contributed by atoms with Crippen molar-refractivity contribution in [2.75, 3.05) is 32.5 Å². The van der Waals surface area contributed by atoms with Crippen molar-refractivity contribution in [3.8, 4) is 0 Å². The van der Waals surface area contributed by atoms with Gasteiger partial charge in [0.05, 0.1) is 12.4 Å². The number of rotatable bonds is 6. The predicted molar refractivity (Wildman–Crippen MR) is 44.1 cm³/mol. The molecule has 0 aromatic heterocycles. The third kappa shape index (κ3) is 7.89. The number of likely N-dealkylation sites (N-methyl/N-ethyl adjacent to an activating group) is 1. The van der Waals surface area contributed by atoms with E-state index in [0.717, 1.165) is 0 Å². The van der Waals surface area contributed by atoms with Crippen LogP contribution in [0.3, 0.4) is 0 Å². The lowest BCUT2D eigenvalue weighted by Crippen LogP contribution is -2.29. The first-order chi connectivity index (χ1) is 5.45. The van der Waals surface area contributed by atoms with E-state index >= 15 is 0 Å². The molecule has 0 atom stereocenters. The zero-order valence-corrected chi connectivity index (χ0v) is 7.75. The molecule has 0 rings (SSSR count). The molecule has 0 radical (unpaired) electrons. The zero-order valence-electron chi connectivity index (χ0n) is 6.93. The van der Waals surface area contributed by atoms with E-state index in [9.17, 15) is 8.42 Å². The first-order valence-electron chi connectivity index (χ1n) is 3.41. The number of hydrogen-bond donors (Lipinski definition) is 2. The highest BCUT2D eigenvalue weighted by Crippen LogP contribution is 1.86. The summed E-state index contributed by atoms with van der Waals surface area (Å²) in [6, 6.07) is 0. The summed E-state index contributed by atoms with van der Waals surface area (Å²) < 4.78 is 28.9. The van der Waals surface area contributed by atoms with Crippen molar-refractivity contribution in [2.24, 2.45) is 5.90 Å². The minimum Gasteiger partial charge on any atom is -0.303 e. The molecule has 3 N–H and O–H groups in total. The summed E-state index contributed by atoms with van der Waals surface area (Å²) in [5, 5.41) is 0. The van der Waals surface area contributed by atoms with E-state index in [0.29, 0.717) is 13.2 Å². The summed E-state index contributed by atoms with van der Waals surface area (Å²) in [5.41, 5.74) is 0. The Hall–Kier alpha value is -0.210. The smallest absolute Gasteiger partial charge is 0.266 e. The molecule has 0 aliphatic carbocycles. The Kier molecular flexibility index (Phi) is 5.34. The SMILES string of the molecule is CN(CCON)CCS(=O)(=O)O. The third-order valence-electron chi connectivity index (χ3n) is 1.32. The van der Waals surface area contributed by atoms with Crippen LogP contribution in [0.2, 0.25) is 0 Å². The van der Waals surface area contributed by atoms with Gasteiger partial charge in [0.15, 0.2) is 0 Å². The minimum absolute atomic E-state index is 0.266. The Morgan fingerprint density at radius 1 is 1.50 bits per heavy atom. The van der Waals surface area contributed by atoms with Crippen LogP contribution in [0.15, 0.2) is 0 Å². The lowest BCUT2D eigenvalue weighted by atomic mass is 10.5. The van der Waals surface area contributed by atoms with Crippen molar-refractivity contribution in [3.63, 3.8) is 0 Å². The molecule has 7 heteroatoms. The maximum absolute atomic E-state index is 10.3. The van der Waals surface area contributed by atoms with Gasteiger partial charge in [-0.15, -0.1) is 0 Å². The van der Waals surface area contributed by atoms with Gasteiger partial charge in [-0.3, -0.25) is 4.55 Å². The Labute approximate surface area is 72.0 Å². The van der Waals surface area contributed by atoms with E-state index in [4.69, 9.17) is 10.4 Å². The lowest BCUT2D eigenvalue weighted by molar-refractivity contribution is 0.115. The monoisotopic (exact) mass is 198 g/mol. The lowest BCUT2D eigenvalue weighted by Gasteiger charge is -2.13. The predicted octanol–water partition coefficient (Wildman–Crippen LogP) is -1.30. The molecule has 0 amide bonds.